The molecule has 6 nitrogen and oxygen atoms in total. The maximum absolute atomic E-state index is 9.68. The van der Waals surface area contributed by atoms with Gasteiger partial charge in [-0.25, -0.2) is 4.98 Å². The van der Waals surface area contributed by atoms with Gasteiger partial charge in [-0.3, -0.25) is 0 Å². The number of unbranched alkanes of at least 4 members (excludes halogenated alkanes) is 2. The largest absolute Gasteiger partial charge is 0.396 e. The van der Waals surface area contributed by atoms with Gasteiger partial charge in [-0.1, -0.05) is 60.3 Å². The van der Waals surface area contributed by atoms with Crippen LogP contribution in [0.4, 0.5) is 11.8 Å². The fourth-order valence-electron chi connectivity index (χ4n) is 3.69. The minimum Gasteiger partial charge on any atom is -0.396 e. The van der Waals surface area contributed by atoms with Crippen molar-refractivity contribution in [3.8, 4) is 0 Å². The van der Waals surface area contributed by atoms with Gasteiger partial charge in [-0.15, -0.1) is 0 Å². The predicted molar refractivity (Wildman–Crippen MR) is 139 cm³/mol. The Balaban J connectivity index is 1.50. The molecule has 4 N–H and O–H groups in total. The van der Waals surface area contributed by atoms with Gasteiger partial charge in [0.05, 0.1) is 12.1 Å². The van der Waals surface area contributed by atoms with E-state index >= 15 is 0 Å². The summed E-state index contributed by atoms with van der Waals surface area (Å²) in [6.07, 6.45) is 2.77. The summed E-state index contributed by atoms with van der Waals surface area (Å²) in [4.78, 5) is 11.6. The second-order valence-corrected chi connectivity index (χ2v) is 9.04. The van der Waals surface area contributed by atoms with Crippen molar-refractivity contribution in [2.75, 3.05) is 23.8 Å². The first-order chi connectivity index (χ1) is 16.8. The number of benzene rings is 3. The molecular formula is C27H30N4O2S. The van der Waals surface area contributed by atoms with Crippen LogP contribution in [0.1, 0.15) is 30.4 Å². The average Bonchev–Trinajstić information content (AvgIpc) is 2.88. The second kappa shape index (κ2) is 12.4. The van der Waals surface area contributed by atoms with Crippen LogP contribution in [0.5, 0.6) is 0 Å². The normalized spacial score (nSPS) is 11.0. The van der Waals surface area contributed by atoms with Gasteiger partial charge in [0, 0.05) is 34.9 Å². The molecule has 0 aliphatic rings. The molecular weight excluding hydrogens is 444 g/mol. The van der Waals surface area contributed by atoms with Gasteiger partial charge < -0.3 is 20.8 Å². The van der Waals surface area contributed by atoms with Crippen molar-refractivity contribution in [1.29, 1.82) is 0 Å². The monoisotopic (exact) mass is 474 g/mol. The maximum atomic E-state index is 9.68. The minimum absolute atomic E-state index is 0.0182. The third-order valence-electron chi connectivity index (χ3n) is 5.50. The Hall–Kier alpha value is -3.13. The van der Waals surface area contributed by atoms with Crippen LogP contribution in [0.3, 0.4) is 0 Å². The summed E-state index contributed by atoms with van der Waals surface area (Å²) in [6.45, 7) is 1.63. The van der Waals surface area contributed by atoms with Crippen molar-refractivity contribution in [2.24, 2.45) is 0 Å². The molecule has 176 valence electrons. The van der Waals surface area contributed by atoms with Crippen LogP contribution in [-0.4, -0.2) is 33.3 Å². The SMILES string of the molecule is OCCCCCNc1nc(NCc2ccccc2Sc2ccccc2CO)nc2ccccc12. The zero-order valence-corrected chi connectivity index (χ0v) is 19.9. The predicted octanol–water partition coefficient (Wildman–Crippen LogP) is 5.46. The highest BCUT2D eigenvalue weighted by Crippen LogP contribution is 2.33. The molecule has 0 fully saturated rings. The smallest absolute Gasteiger partial charge is 0.225 e. The lowest BCUT2D eigenvalue weighted by molar-refractivity contribution is 0.279. The van der Waals surface area contributed by atoms with Gasteiger partial charge in [-0.05, 0) is 54.7 Å². The first-order valence-corrected chi connectivity index (χ1v) is 12.4. The molecule has 1 aromatic heterocycles. The molecule has 34 heavy (non-hydrogen) atoms. The van der Waals surface area contributed by atoms with Gasteiger partial charge in [0.25, 0.3) is 0 Å². The molecule has 3 aromatic carbocycles. The highest BCUT2D eigenvalue weighted by molar-refractivity contribution is 7.99. The Morgan fingerprint density at radius 3 is 2.21 bits per heavy atom. The molecule has 0 aliphatic carbocycles. The molecule has 0 radical (unpaired) electrons. The number of aromatic nitrogens is 2. The summed E-state index contributed by atoms with van der Waals surface area (Å²) in [5.41, 5.74) is 2.94. The Morgan fingerprint density at radius 1 is 0.706 bits per heavy atom. The summed E-state index contributed by atoms with van der Waals surface area (Å²) >= 11 is 1.65. The van der Waals surface area contributed by atoms with E-state index in [1.807, 2.05) is 60.7 Å². The summed E-state index contributed by atoms with van der Waals surface area (Å²) in [5, 5.41) is 26.5. The molecule has 0 spiro atoms. The van der Waals surface area contributed by atoms with Crippen LogP contribution in [0.15, 0.2) is 82.6 Å². The number of nitrogens with one attached hydrogen (secondary N) is 2. The molecule has 1 heterocycles. The summed E-state index contributed by atoms with van der Waals surface area (Å²) in [6, 6.07) is 24.2. The summed E-state index contributed by atoms with van der Waals surface area (Å²) in [5.74, 6) is 1.39. The topological polar surface area (TPSA) is 90.3 Å². The van der Waals surface area contributed by atoms with E-state index in [2.05, 4.69) is 22.8 Å². The number of fused-ring (bicyclic) bond motifs is 1. The Kier molecular flexibility index (Phi) is 8.73. The Morgan fingerprint density at radius 2 is 1.41 bits per heavy atom. The number of aliphatic hydroxyl groups excluding tert-OH is 2. The maximum Gasteiger partial charge on any atom is 0.225 e. The van der Waals surface area contributed by atoms with Crippen LogP contribution in [-0.2, 0) is 13.2 Å². The minimum atomic E-state index is 0.0182. The zero-order valence-electron chi connectivity index (χ0n) is 19.1. The van der Waals surface area contributed by atoms with Crippen LogP contribution in [0, 0.1) is 0 Å². The van der Waals surface area contributed by atoms with E-state index in [-0.39, 0.29) is 13.2 Å². The fraction of sp³-hybridized carbons (Fsp3) is 0.259. The van der Waals surface area contributed by atoms with Crippen LogP contribution in [0.2, 0.25) is 0 Å². The van der Waals surface area contributed by atoms with Gasteiger partial charge in [0.15, 0.2) is 0 Å². The fourth-order valence-corrected chi connectivity index (χ4v) is 4.75. The van der Waals surface area contributed by atoms with Crippen molar-refractivity contribution in [3.05, 3.63) is 83.9 Å². The Bertz CT molecular complexity index is 1220. The first-order valence-electron chi connectivity index (χ1n) is 11.6. The molecule has 0 saturated heterocycles. The first kappa shape index (κ1) is 24.0. The lowest BCUT2D eigenvalue weighted by Crippen LogP contribution is -2.09. The van der Waals surface area contributed by atoms with Gasteiger partial charge in [0.2, 0.25) is 5.95 Å². The number of aliphatic hydroxyl groups is 2. The average molecular weight is 475 g/mol. The van der Waals surface area contributed by atoms with Crippen LogP contribution < -0.4 is 10.6 Å². The van der Waals surface area contributed by atoms with E-state index in [0.717, 1.165) is 63.4 Å². The molecule has 7 heteroatoms. The number of hydrogen-bond donors (Lipinski definition) is 4. The molecule has 0 aliphatic heterocycles. The van der Waals surface area contributed by atoms with Crippen molar-refractivity contribution >= 4 is 34.4 Å². The van der Waals surface area contributed by atoms with Crippen LogP contribution >= 0.6 is 11.8 Å². The third-order valence-corrected chi connectivity index (χ3v) is 6.74. The van der Waals surface area contributed by atoms with E-state index < -0.39 is 0 Å². The summed E-state index contributed by atoms with van der Waals surface area (Å²) < 4.78 is 0. The lowest BCUT2D eigenvalue weighted by atomic mass is 10.2. The van der Waals surface area contributed by atoms with Crippen LogP contribution in [0.25, 0.3) is 10.9 Å². The van der Waals surface area contributed by atoms with E-state index in [1.54, 1.807) is 11.8 Å². The molecule has 0 bridgehead atoms. The van der Waals surface area contributed by atoms with E-state index in [1.165, 1.54) is 0 Å². The molecule has 0 atom stereocenters. The standard InChI is InChI=1S/C27H30N4O2S/c32-17-9-1-8-16-28-26-22-12-4-5-13-23(22)30-27(31-26)29-18-20-10-2-6-14-24(20)34-25-15-7-3-11-21(25)19-33/h2-7,10-15,32-33H,1,8-9,16-19H2,(H2,28,29,30,31). The van der Waals surface area contributed by atoms with E-state index in [4.69, 9.17) is 15.1 Å². The number of hydrogen-bond acceptors (Lipinski definition) is 7. The molecule has 0 unspecified atom stereocenters. The number of nitrogens with zero attached hydrogens (tertiary/aromatic N) is 2. The quantitative estimate of drug-likeness (QED) is 0.203. The number of anilines is 2. The Labute approximate surface area is 204 Å². The summed E-state index contributed by atoms with van der Waals surface area (Å²) in [7, 11) is 0. The van der Waals surface area contributed by atoms with Gasteiger partial charge in [-0.2, -0.15) is 4.98 Å². The van der Waals surface area contributed by atoms with Crippen molar-refractivity contribution in [3.63, 3.8) is 0 Å². The number of rotatable bonds is 12. The zero-order chi connectivity index (χ0) is 23.6. The second-order valence-electron chi connectivity index (χ2n) is 7.95. The molecule has 4 rings (SSSR count). The van der Waals surface area contributed by atoms with Gasteiger partial charge >= 0.3 is 0 Å². The molecule has 0 saturated carbocycles. The van der Waals surface area contributed by atoms with Crippen molar-refractivity contribution in [1.82, 2.24) is 9.97 Å². The number of para-hydroxylation sites is 1. The highest BCUT2D eigenvalue weighted by Gasteiger charge is 2.10. The van der Waals surface area contributed by atoms with E-state index in [9.17, 15) is 5.11 Å². The van der Waals surface area contributed by atoms with Crippen molar-refractivity contribution in [2.45, 2.75) is 42.2 Å². The third kappa shape index (κ3) is 6.26. The van der Waals surface area contributed by atoms with E-state index in [0.29, 0.717) is 12.5 Å². The molecule has 4 aromatic rings. The lowest BCUT2D eigenvalue weighted by Gasteiger charge is -2.14. The molecule has 0 amide bonds. The van der Waals surface area contributed by atoms with Crippen molar-refractivity contribution < 1.29 is 10.2 Å². The van der Waals surface area contributed by atoms with Gasteiger partial charge in [0.1, 0.15) is 5.82 Å². The highest BCUT2D eigenvalue weighted by atomic mass is 32.2.